The number of rotatable bonds is 2. The Bertz CT molecular complexity index is 723. The lowest BCUT2D eigenvalue weighted by Gasteiger charge is -2.11. The lowest BCUT2D eigenvalue weighted by Crippen LogP contribution is -1.96. The van der Waals surface area contributed by atoms with Crippen LogP contribution in [0.25, 0.3) is 11.1 Å². The minimum absolute atomic E-state index is 0.127. The summed E-state index contributed by atoms with van der Waals surface area (Å²) in [6, 6.07) is 6.78. The van der Waals surface area contributed by atoms with E-state index in [4.69, 9.17) is 10.00 Å². The first-order chi connectivity index (χ1) is 9.74. The second-order valence-electron chi connectivity index (χ2n) is 4.52. The van der Waals surface area contributed by atoms with E-state index in [2.05, 4.69) is 4.98 Å². The summed E-state index contributed by atoms with van der Waals surface area (Å²) in [6.07, 6.45) is 2.12. The molecule has 100 valence electrons. The first-order valence-electron chi connectivity index (χ1n) is 6.19. The van der Waals surface area contributed by atoms with Crippen LogP contribution in [0, 0.1) is 17.1 Å². The van der Waals surface area contributed by atoms with E-state index < -0.39 is 5.82 Å². The van der Waals surface area contributed by atoms with Crippen molar-refractivity contribution in [1.29, 1.82) is 5.26 Å². The zero-order valence-corrected chi connectivity index (χ0v) is 10.6. The molecule has 0 atom stereocenters. The standard InChI is InChI=1S/C15H11FN2O2/c16-14-11(1-3-18-13(14)7-17)12-6-9(8-19)5-10-2-4-20-15(10)12/h1,3,5-6,19H,2,4,8H2. The third-order valence-electron chi connectivity index (χ3n) is 3.31. The van der Waals surface area contributed by atoms with Crippen LogP contribution in [0.4, 0.5) is 4.39 Å². The van der Waals surface area contributed by atoms with E-state index in [1.807, 2.05) is 6.07 Å². The van der Waals surface area contributed by atoms with Crippen LogP contribution in [-0.4, -0.2) is 16.7 Å². The predicted octanol–water partition coefficient (Wildman–Crippen LogP) is 2.19. The third kappa shape index (κ3) is 1.91. The van der Waals surface area contributed by atoms with Gasteiger partial charge in [-0.2, -0.15) is 5.26 Å². The van der Waals surface area contributed by atoms with E-state index in [0.29, 0.717) is 23.5 Å². The Morgan fingerprint density at radius 3 is 3.00 bits per heavy atom. The maximum atomic E-state index is 14.3. The minimum atomic E-state index is -0.664. The summed E-state index contributed by atoms with van der Waals surface area (Å²) < 4.78 is 19.8. The van der Waals surface area contributed by atoms with Gasteiger partial charge in [-0.1, -0.05) is 0 Å². The van der Waals surface area contributed by atoms with Crippen LogP contribution < -0.4 is 4.74 Å². The first kappa shape index (κ1) is 12.6. The Kier molecular flexibility index (Phi) is 3.09. The molecule has 1 aromatic heterocycles. The molecule has 0 saturated carbocycles. The molecule has 1 aliphatic heterocycles. The van der Waals surface area contributed by atoms with Crippen LogP contribution in [0.3, 0.4) is 0 Å². The molecular formula is C15H11FN2O2. The van der Waals surface area contributed by atoms with Crippen LogP contribution in [0.5, 0.6) is 5.75 Å². The van der Waals surface area contributed by atoms with Gasteiger partial charge >= 0.3 is 0 Å². The molecule has 20 heavy (non-hydrogen) atoms. The number of nitrogens with zero attached hydrogens (tertiary/aromatic N) is 2. The van der Waals surface area contributed by atoms with Crippen molar-refractivity contribution in [3.05, 3.63) is 47.0 Å². The van der Waals surface area contributed by atoms with E-state index >= 15 is 0 Å². The van der Waals surface area contributed by atoms with Gasteiger partial charge in [-0.25, -0.2) is 9.37 Å². The molecule has 0 amide bonds. The van der Waals surface area contributed by atoms with Crippen molar-refractivity contribution < 1.29 is 14.2 Å². The number of benzene rings is 1. The monoisotopic (exact) mass is 270 g/mol. The van der Waals surface area contributed by atoms with Crippen molar-refractivity contribution in [2.75, 3.05) is 6.61 Å². The summed E-state index contributed by atoms with van der Waals surface area (Å²) >= 11 is 0. The molecule has 1 N–H and O–H groups in total. The van der Waals surface area contributed by atoms with Gasteiger partial charge in [0.15, 0.2) is 11.5 Å². The highest BCUT2D eigenvalue weighted by Crippen LogP contribution is 2.39. The molecule has 0 saturated heterocycles. The van der Waals surface area contributed by atoms with Crippen molar-refractivity contribution >= 4 is 0 Å². The maximum Gasteiger partial charge on any atom is 0.176 e. The van der Waals surface area contributed by atoms with Crippen LogP contribution in [0.2, 0.25) is 0 Å². The Labute approximate surface area is 115 Å². The highest BCUT2D eigenvalue weighted by Gasteiger charge is 2.22. The Morgan fingerprint density at radius 2 is 2.25 bits per heavy atom. The first-order valence-corrected chi connectivity index (χ1v) is 6.19. The Morgan fingerprint density at radius 1 is 1.40 bits per heavy atom. The Hall–Kier alpha value is -2.45. The lowest BCUT2D eigenvalue weighted by atomic mass is 9.98. The minimum Gasteiger partial charge on any atom is -0.492 e. The van der Waals surface area contributed by atoms with Gasteiger partial charge in [0.05, 0.1) is 13.2 Å². The number of pyridine rings is 1. The molecule has 0 aliphatic carbocycles. The molecule has 3 rings (SSSR count). The quantitative estimate of drug-likeness (QED) is 0.908. The van der Waals surface area contributed by atoms with Gasteiger partial charge in [0, 0.05) is 23.7 Å². The number of aromatic nitrogens is 1. The number of nitriles is 1. The molecule has 2 aromatic rings. The highest BCUT2D eigenvalue weighted by molar-refractivity contribution is 5.75. The van der Waals surface area contributed by atoms with E-state index in [9.17, 15) is 9.50 Å². The third-order valence-corrected chi connectivity index (χ3v) is 3.31. The summed E-state index contributed by atoms with van der Waals surface area (Å²) in [5.74, 6) is -0.0426. The van der Waals surface area contributed by atoms with Gasteiger partial charge in [-0.15, -0.1) is 0 Å². The number of aliphatic hydroxyl groups is 1. The fourth-order valence-electron chi connectivity index (χ4n) is 2.40. The van der Waals surface area contributed by atoms with Gasteiger partial charge in [0.2, 0.25) is 0 Å². The normalized spacial score (nSPS) is 12.7. The van der Waals surface area contributed by atoms with Crippen LogP contribution in [0.1, 0.15) is 16.8 Å². The van der Waals surface area contributed by atoms with Crippen LogP contribution >= 0.6 is 0 Å². The number of hydrogen-bond acceptors (Lipinski definition) is 4. The zero-order chi connectivity index (χ0) is 14.1. The molecule has 5 heteroatoms. The molecule has 1 aromatic carbocycles. The van der Waals surface area contributed by atoms with Gasteiger partial charge < -0.3 is 9.84 Å². The molecule has 2 heterocycles. The molecule has 4 nitrogen and oxygen atoms in total. The van der Waals surface area contributed by atoms with Crippen molar-refractivity contribution in [2.45, 2.75) is 13.0 Å². The number of hydrogen-bond donors (Lipinski definition) is 1. The predicted molar refractivity (Wildman–Crippen MR) is 69.5 cm³/mol. The number of halogens is 1. The Balaban J connectivity index is 2.25. The lowest BCUT2D eigenvalue weighted by molar-refractivity contribution is 0.281. The van der Waals surface area contributed by atoms with E-state index in [-0.39, 0.29) is 17.9 Å². The highest BCUT2D eigenvalue weighted by atomic mass is 19.1. The fourth-order valence-corrected chi connectivity index (χ4v) is 2.40. The summed E-state index contributed by atoms with van der Waals surface area (Å²) in [4.78, 5) is 3.69. The molecule has 0 radical (unpaired) electrons. The smallest absolute Gasteiger partial charge is 0.176 e. The van der Waals surface area contributed by atoms with Crippen molar-refractivity contribution in [1.82, 2.24) is 4.98 Å². The number of ether oxygens (including phenoxy) is 1. The van der Waals surface area contributed by atoms with Crippen molar-refractivity contribution in [2.24, 2.45) is 0 Å². The van der Waals surface area contributed by atoms with E-state index in [0.717, 1.165) is 12.0 Å². The molecule has 0 fully saturated rings. The summed E-state index contributed by atoms with van der Waals surface area (Å²) in [7, 11) is 0. The average Bonchev–Trinajstić information content (AvgIpc) is 2.95. The van der Waals surface area contributed by atoms with Crippen molar-refractivity contribution in [3.8, 4) is 22.9 Å². The molecule has 1 aliphatic rings. The number of aliphatic hydroxyl groups excluding tert-OH is 1. The summed E-state index contributed by atoms with van der Waals surface area (Å²) in [5, 5.41) is 18.2. The average molecular weight is 270 g/mol. The van der Waals surface area contributed by atoms with Crippen LogP contribution in [-0.2, 0) is 13.0 Å². The van der Waals surface area contributed by atoms with Gasteiger partial charge in [0.1, 0.15) is 11.8 Å². The van der Waals surface area contributed by atoms with Gasteiger partial charge in [-0.05, 0) is 29.3 Å². The molecule has 0 unspecified atom stereocenters. The van der Waals surface area contributed by atoms with Crippen LogP contribution in [0.15, 0.2) is 24.4 Å². The SMILES string of the molecule is N#Cc1nccc(-c2cc(CO)cc3c2OCC3)c1F. The second kappa shape index (κ2) is 4.91. The fraction of sp³-hybridized carbons (Fsp3) is 0.200. The molecular weight excluding hydrogens is 259 g/mol. The largest absolute Gasteiger partial charge is 0.492 e. The maximum absolute atomic E-state index is 14.3. The van der Waals surface area contributed by atoms with Gasteiger partial charge in [0.25, 0.3) is 0 Å². The topological polar surface area (TPSA) is 66.1 Å². The number of fused-ring (bicyclic) bond motifs is 1. The van der Waals surface area contributed by atoms with Crippen molar-refractivity contribution in [3.63, 3.8) is 0 Å². The summed E-state index contributed by atoms with van der Waals surface area (Å²) in [6.45, 7) is 0.410. The second-order valence-corrected chi connectivity index (χ2v) is 4.52. The van der Waals surface area contributed by atoms with E-state index in [1.165, 1.54) is 12.3 Å². The van der Waals surface area contributed by atoms with E-state index in [1.54, 1.807) is 12.1 Å². The molecule has 0 bridgehead atoms. The molecule has 0 spiro atoms. The zero-order valence-electron chi connectivity index (χ0n) is 10.6. The van der Waals surface area contributed by atoms with Gasteiger partial charge in [-0.3, -0.25) is 0 Å². The summed E-state index contributed by atoms with van der Waals surface area (Å²) in [5.41, 5.74) is 2.22.